The Bertz CT molecular complexity index is 3320. The number of para-hydroxylation sites is 1. The number of nitrogens with zero attached hydrogens (tertiary/aromatic N) is 6. The zero-order chi connectivity index (χ0) is 41.3. The van der Waals surface area contributed by atoms with Crippen LogP contribution in [0.1, 0.15) is 16.7 Å². The van der Waals surface area contributed by atoms with Crippen molar-refractivity contribution in [3.63, 3.8) is 0 Å². The Balaban J connectivity index is 1.34. The van der Waals surface area contributed by atoms with Gasteiger partial charge in [-0.1, -0.05) is 133 Å². The van der Waals surface area contributed by atoms with Gasteiger partial charge < -0.3 is 4.57 Å². The van der Waals surface area contributed by atoms with Gasteiger partial charge in [0, 0.05) is 49.7 Å². The van der Waals surface area contributed by atoms with Gasteiger partial charge in [0.15, 0.2) is 5.82 Å². The van der Waals surface area contributed by atoms with E-state index < -0.39 is 0 Å². The molecule has 0 aliphatic carbocycles. The van der Waals surface area contributed by atoms with Crippen LogP contribution in [0.4, 0.5) is 0 Å². The average molecular weight is 777 g/mol. The van der Waals surface area contributed by atoms with Crippen LogP contribution >= 0.6 is 0 Å². The Morgan fingerprint density at radius 3 is 1.56 bits per heavy atom. The Labute approximate surface area is 352 Å². The van der Waals surface area contributed by atoms with Crippen molar-refractivity contribution < 1.29 is 0 Å². The third-order valence-corrected chi connectivity index (χ3v) is 11.1. The van der Waals surface area contributed by atoms with Crippen LogP contribution in [-0.2, 0) is 0 Å². The first-order valence-corrected chi connectivity index (χ1v) is 19.8. The van der Waals surface area contributed by atoms with Crippen molar-refractivity contribution in [1.82, 2.24) is 14.5 Å². The summed E-state index contributed by atoms with van der Waals surface area (Å²) in [7, 11) is 0. The van der Waals surface area contributed by atoms with E-state index in [9.17, 15) is 15.8 Å². The van der Waals surface area contributed by atoms with Gasteiger partial charge in [-0.25, -0.2) is 9.97 Å². The molecule has 0 aliphatic heterocycles. The molecule has 10 aromatic rings. The number of nitriles is 3. The molecule has 0 atom stereocenters. The van der Waals surface area contributed by atoms with Crippen molar-refractivity contribution in [1.29, 1.82) is 15.8 Å². The quantitative estimate of drug-likeness (QED) is 0.160. The van der Waals surface area contributed by atoms with Gasteiger partial charge in [0.05, 0.1) is 63.0 Å². The topological polar surface area (TPSA) is 102 Å². The minimum absolute atomic E-state index is 0.512. The third-order valence-electron chi connectivity index (χ3n) is 11.1. The highest BCUT2D eigenvalue weighted by Crippen LogP contribution is 2.46. The van der Waals surface area contributed by atoms with Crippen LogP contribution in [0, 0.1) is 34.0 Å². The lowest BCUT2D eigenvalue weighted by molar-refractivity contribution is 1.17. The molecule has 0 saturated carbocycles. The van der Waals surface area contributed by atoms with Crippen molar-refractivity contribution in [2.75, 3.05) is 0 Å². The van der Waals surface area contributed by atoms with Gasteiger partial charge in [-0.05, 0) is 71.8 Å². The van der Waals surface area contributed by atoms with E-state index in [1.165, 1.54) is 0 Å². The van der Waals surface area contributed by atoms with Crippen molar-refractivity contribution in [2.24, 2.45) is 0 Å². The molecule has 0 spiro atoms. The second-order valence-electron chi connectivity index (χ2n) is 14.7. The summed E-state index contributed by atoms with van der Waals surface area (Å²) < 4.78 is 2.27. The second kappa shape index (κ2) is 15.5. The van der Waals surface area contributed by atoms with E-state index in [-0.39, 0.29) is 0 Å². The van der Waals surface area contributed by atoms with E-state index in [2.05, 4.69) is 65.2 Å². The summed E-state index contributed by atoms with van der Waals surface area (Å²) in [4.78, 5) is 10.3. The van der Waals surface area contributed by atoms with Crippen molar-refractivity contribution in [3.8, 4) is 91.2 Å². The van der Waals surface area contributed by atoms with Gasteiger partial charge >= 0.3 is 0 Å². The number of hydrogen-bond acceptors (Lipinski definition) is 5. The standard InChI is InChI=1S/C55H32N6/c56-33-36-14-13-21-39(28-36)40-26-27-53-47(29-40)46-24-11-12-25-52(46)61(53)54-48(44-22-9-7-19-41(44)34-57)30-43(31-49(54)45-23-10-8-20-42(45)35-58)51-32-50(37-15-3-1-4-16-37)59-55(60-51)38-17-5-2-6-18-38/h1-32H. The molecular formula is C55H32N6. The molecule has 0 unspecified atom stereocenters. The fraction of sp³-hybridized carbons (Fsp3) is 0. The van der Waals surface area contributed by atoms with Crippen LogP contribution in [0.15, 0.2) is 194 Å². The molecule has 6 nitrogen and oxygen atoms in total. The molecule has 0 saturated heterocycles. The summed E-state index contributed by atoms with van der Waals surface area (Å²) >= 11 is 0. The lowest BCUT2D eigenvalue weighted by Gasteiger charge is -2.22. The molecule has 0 fully saturated rings. The zero-order valence-electron chi connectivity index (χ0n) is 32.7. The molecule has 10 rings (SSSR count). The Morgan fingerprint density at radius 1 is 0.361 bits per heavy atom. The van der Waals surface area contributed by atoms with Crippen LogP contribution in [-0.4, -0.2) is 14.5 Å². The lowest BCUT2D eigenvalue weighted by Crippen LogP contribution is -2.04. The third kappa shape index (κ3) is 6.56. The van der Waals surface area contributed by atoms with Gasteiger partial charge in [0.25, 0.3) is 0 Å². The zero-order valence-corrected chi connectivity index (χ0v) is 32.7. The van der Waals surface area contributed by atoms with Crippen LogP contribution in [0.25, 0.3) is 94.8 Å². The maximum atomic E-state index is 10.7. The number of benzene rings is 8. The van der Waals surface area contributed by atoms with Crippen LogP contribution < -0.4 is 0 Å². The van der Waals surface area contributed by atoms with Gasteiger partial charge in [-0.3, -0.25) is 0 Å². The SMILES string of the molecule is N#Cc1cccc(-c2ccc3c(c2)c2ccccc2n3-c2c(-c3ccccc3C#N)cc(-c3cc(-c4ccccc4)nc(-c4ccccc4)n3)cc2-c2ccccc2C#N)c1. The predicted octanol–water partition coefficient (Wildman–Crippen LogP) is 13.2. The highest BCUT2D eigenvalue weighted by molar-refractivity contribution is 6.12. The molecule has 6 heteroatoms. The number of hydrogen-bond donors (Lipinski definition) is 0. The largest absolute Gasteiger partial charge is 0.308 e. The molecule has 282 valence electrons. The summed E-state index contributed by atoms with van der Waals surface area (Å²) in [5.41, 5.74) is 13.5. The number of aromatic nitrogens is 3. The first-order chi connectivity index (χ1) is 30.1. The summed E-state index contributed by atoms with van der Waals surface area (Å²) in [6.07, 6.45) is 0. The van der Waals surface area contributed by atoms with Gasteiger partial charge in [0.2, 0.25) is 0 Å². The maximum Gasteiger partial charge on any atom is 0.160 e. The smallest absolute Gasteiger partial charge is 0.160 e. The highest BCUT2D eigenvalue weighted by Gasteiger charge is 2.25. The van der Waals surface area contributed by atoms with Crippen molar-refractivity contribution in [2.45, 2.75) is 0 Å². The van der Waals surface area contributed by atoms with Gasteiger partial charge in [0.1, 0.15) is 0 Å². The molecule has 2 aromatic heterocycles. The van der Waals surface area contributed by atoms with Crippen LogP contribution in [0.5, 0.6) is 0 Å². The maximum absolute atomic E-state index is 10.7. The minimum atomic E-state index is 0.512. The van der Waals surface area contributed by atoms with E-state index in [0.717, 1.165) is 83.3 Å². The molecular weight excluding hydrogens is 745 g/mol. The molecule has 61 heavy (non-hydrogen) atoms. The summed E-state index contributed by atoms with van der Waals surface area (Å²) in [5, 5.41) is 33.1. The van der Waals surface area contributed by atoms with Crippen molar-refractivity contribution >= 4 is 21.8 Å². The fourth-order valence-corrected chi connectivity index (χ4v) is 8.29. The molecule has 0 radical (unpaired) electrons. The molecule has 0 N–H and O–H groups in total. The number of fused-ring (bicyclic) bond motifs is 3. The molecule has 0 bridgehead atoms. The molecule has 8 aromatic carbocycles. The summed E-state index contributed by atoms with van der Waals surface area (Å²) in [5.74, 6) is 0.581. The summed E-state index contributed by atoms with van der Waals surface area (Å²) in [6, 6.07) is 71.2. The Kier molecular flexibility index (Phi) is 9.24. The lowest BCUT2D eigenvalue weighted by atomic mass is 9.88. The Hall–Kier alpha value is -8.89. The van der Waals surface area contributed by atoms with E-state index in [0.29, 0.717) is 28.2 Å². The summed E-state index contributed by atoms with van der Waals surface area (Å²) in [6.45, 7) is 0. The van der Waals surface area contributed by atoms with Crippen LogP contribution in [0.3, 0.4) is 0 Å². The average Bonchev–Trinajstić information content (AvgIpc) is 3.67. The highest BCUT2D eigenvalue weighted by atomic mass is 15.0. The number of rotatable bonds is 7. The van der Waals surface area contributed by atoms with Gasteiger partial charge in [-0.2, -0.15) is 15.8 Å². The van der Waals surface area contributed by atoms with E-state index in [1.54, 1.807) is 0 Å². The van der Waals surface area contributed by atoms with E-state index in [1.807, 2.05) is 152 Å². The van der Waals surface area contributed by atoms with Crippen LogP contribution in [0.2, 0.25) is 0 Å². The molecule has 0 aliphatic rings. The predicted molar refractivity (Wildman–Crippen MR) is 243 cm³/mol. The minimum Gasteiger partial charge on any atom is -0.308 e. The van der Waals surface area contributed by atoms with E-state index in [4.69, 9.17) is 9.97 Å². The first kappa shape index (κ1) is 36.5. The normalized spacial score (nSPS) is 10.9. The molecule has 2 heterocycles. The first-order valence-electron chi connectivity index (χ1n) is 19.8. The monoisotopic (exact) mass is 776 g/mol. The molecule has 0 amide bonds. The Morgan fingerprint density at radius 2 is 0.902 bits per heavy atom. The van der Waals surface area contributed by atoms with Gasteiger partial charge in [-0.15, -0.1) is 0 Å². The fourth-order valence-electron chi connectivity index (χ4n) is 8.29. The second-order valence-corrected chi connectivity index (χ2v) is 14.7. The van der Waals surface area contributed by atoms with E-state index >= 15 is 0 Å². The van der Waals surface area contributed by atoms with Crippen molar-refractivity contribution in [3.05, 3.63) is 211 Å².